The Morgan fingerprint density at radius 2 is 0.621 bits per heavy atom. The summed E-state index contributed by atoms with van der Waals surface area (Å²) in [5.74, 6) is -6.10. The Kier molecular flexibility index (Phi) is 22.5. The number of hydrogen-bond acceptors (Lipinski definition) is 21. The Balaban J connectivity index is 4.69. The molecule has 364 valence electrons. The van der Waals surface area contributed by atoms with Gasteiger partial charge in [0.25, 0.3) is 0 Å². The molecule has 1 aliphatic heterocycles. The maximum absolute atomic E-state index is 12.5. The van der Waals surface area contributed by atoms with Gasteiger partial charge in [0.2, 0.25) is 0 Å². The van der Waals surface area contributed by atoms with Crippen LogP contribution in [0.15, 0.2) is 150 Å². The first-order chi connectivity index (χ1) is 30.4. The summed E-state index contributed by atoms with van der Waals surface area (Å²) in [6.07, 6.45) is 5.54. The fourth-order valence-corrected chi connectivity index (χ4v) is 14.7. The van der Waals surface area contributed by atoms with Crippen LogP contribution in [0.2, 0.25) is 0 Å². The van der Waals surface area contributed by atoms with Crippen molar-refractivity contribution in [2.24, 2.45) is 4.52 Å². The molecule has 1 heterocycles. The molecule has 1 aliphatic rings. The number of esters is 6. The average molecular weight is 986 g/mol. The third-order valence-electron chi connectivity index (χ3n) is 6.76. The summed E-state index contributed by atoms with van der Waals surface area (Å²) in [7, 11) is -14.4. The summed E-state index contributed by atoms with van der Waals surface area (Å²) < 4.78 is 74.1. The van der Waals surface area contributed by atoms with Gasteiger partial charge in [0.1, 0.15) is 0 Å². The molecule has 0 atom stereocenters. The molecule has 0 amide bonds. The molecule has 0 spiro atoms. The average Bonchev–Trinajstić information content (AvgIpc) is 3.22. The van der Waals surface area contributed by atoms with E-state index in [4.69, 9.17) is 60.1 Å². The van der Waals surface area contributed by atoms with Crippen LogP contribution in [0.1, 0.15) is 83.1 Å². The van der Waals surface area contributed by atoms with E-state index in [1.807, 2.05) is 0 Å². The van der Waals surface area contributed by atoms with Gasteiger partial charge in [-0.1, -0.05) is 0 Å². The zero-order valence-corrected chi connectivity index (χ0v) is 41.8. The Morgan fingerprint density at radius 1 is 0.394 bits per heavy atom. The molecular weight excluding hydrogens is 927 g/mol. The minimum absolute atomic E-state index is 0.0283. The predicted octanol–water partition coefficient (Wildman–Crippen LogP) is 9.93. The fourth-order valence-electron chi connectivity index (χ4n) is 3.54. The number of ether oxygens (including phenoxy) is 6. The molecule has 0 aromatic rings. The zero-order chi connectivity index (χ0) is 50.7. The summed E-state index contributed by atoms with van der Waals surface area (Å²) in [5.41, 5.74) is 0.179. The van der Waals surface area contributed by atoms with E-state index in [2.05, 4.69) is 49.2 Å². The molecule has 0 saturated heterocycles. The van der Waals surface area contributed by atoms with Crippen LogP contribution in [-0.2, 0) is 84.3 Å². The first kappa shape index (κ1) is 57.5. The van der Waals surface area contributed by atoms with Crippen molar-refractivity contribution in [1.29, 1.82) is 0 Å². The number of allylic oxidation sites excluding steroid dienone is 6. The van der Waals surface area contributed by atoms with Crippen molar-refractivity contribution in [3.63, 3.8) is 0 Å². The van der Waals surface area contributed by atoms with Gasteiger partial charge in [-0.25, -0.2) is 0 Å². The van der Waals surface area contributed by atoms with Crippen LogP contribution >= 0.6 is 23.7 Å². The van der Waals surface area contributed by atoms with Gasteiger partial charge in [0, 0.05) is 0 Å². The molecule has 24 heteroatoms. The van der Waals surface area contributed by atoms with Crippen molar-refractivity contribution in [2.45, 2.75) is 83.1 Å². The fraction of sp³-hybridized carbons (Fsp3) is 0.286. The van der Waals surface area contributed by atoms with Crippen molar-refractivity contribution < 1.29 is 84.3 Å². The van der Waals surface area contributed by atoms with Crippen molar-refractivity contribution in [3.05, 3.63) is 145 Å². The van der Waals surface area contributed by atoms with Crippen molar-refractivity contribution in [1.82, 2.24) is 9.72 Å². The third-order valence-corrected chi connectivity index (χ3v) is 16.3. The van der Waals surface area contributed by atoms with Crippen LogP contribution in [-0.4, -0.2) is 35.8 Å². The van der Waals surface area contributed by atoms with E-state index in [1.54, 1.807) is 0 Å². The van der Waals surface area contributed by atoms with Gasteiger partial charge in [0.15, 0.2) is 0 Å². The van der Waals surface area contributed by atoms with Crippen molar-refractivity contribution in [3.8, 4) is 0 Å². The monoisotopic (exact) mass is 985 g/mol. The van der Waals surface area contributed by atoms with Gasteiger partial charge in [-0.05, 0) is 0 Å². The van der Waals surface area contributed by atoms with Crippen LogP contribution in [0.5, 0.6) is 0 Å². The van der Waals surface area contributed by atoms with Gasteiger partial charge in [-0.15, -0.1) is 0 Å². The van der Waals surface area contributed by atoms with Gasteiger partial charge >= 0.3 is 386 Å². The second-order valence-electron chi connectivity index (χ2n) is 14.1. The molecule has 66 heavy (non-hydrogen) atoms. The summed E-state index contributed by atoms with van der Waals surface area (Å²) in [5, 5.41) is 0. The summed E-state index contributed by atoms with van der Waals surface area (Å²) >= 11 is 0. The first-order valence-corrected chi connectivity index (χ1v) is 24.2. The number of rotatable bonds is 24. The molecule has 0 radical (unpaired) electrons. The first-order valence-electron chi connectivity index (χ1n) is 19.0. The zero-order valence-electron chi connectivity index (χ0n) is 38.9. The van der Waals surface area contributed by atoms with E-state index in [9.17, 15) is 28.8 Å². The quantitative estimate of drug-likeness (QED) is 0.0300. The SMILES string of the molecule is C=C(C)C(=O)OC(C)=COP1(OC=C(C)OC(=O)C(=C)C)=N[PH](OC=C(C)OC(=O)C(=C)C)(OC=C(C)OC(=O)C(=C)C)N[PH](OC=C(C)OC(=O)C(=C)C)(OC=C(C)OC(=O)C(=C)C)N1. The molecular formula is C42H58N3O18P3. The Bertz CT molecular complexity index is 2160. The Morgan fingerprint density at radius 3 is 0.864 bits per heavy atom. The molecule has 0 fully saturated rings. The number of hydrogen-bond donors (Lipinski definition) is 2. The summed E-state index contributed by atoms with van der Waals surface area (Å²) in [6.45, 7) is 37.8. The molecule has 1 rings (SSSR count). The molecule has 0 aromatic carbocycles. The van der Waals surface area contributed by atoms with Gasteiger partial charge in [-0.3, -0.25) is 0 Å². The minimum atomic E-state index is -4.98. The second kappa shape index (κ2) is 25.9. The normalized spacial score (nSPS) is 18.1. The number of nitrogens with zero attached hydrogens (tertiary/aromatic N) is 1. The van der Waals surface area contributed by atoms with Crippen molar-refractivity contribution in [2.75, 3.05) is 0 Å². The maximum atomic E-state index is 12.5. The van der Waals surface area contributed by atoms with Crippen LogP contribution in [0, 0.1) is 0 Å². The Hall–Kier alpha value is -6.49. The summed E-state index contributed by atoms with van der Waals surface area (Å²) in [4.78, 5) is 81.0. The predicted molar refractivity (Wildman–Crippen MR) is 247 cm³/mol. The van der Waals surface area contributed by atoms with Crippen LogP contribution < -0.4 is 9.72 Å². The van der Waals surface area contributed by atoms with Gasteiger partial charge < -0.3 is 0 Å². The van der Waals surface area contributed by atoms with E-state index >= 15 is 0 Å². The molecule has 2 N–H and O–H groups in total. The van der Waals surface area contributed by atoms with E-state index in [0.717, 1.165) is 37.6 Å². The number of nitrogens with one attached hydrogen (secondary N) is 2. The van der Waals surface area contributed by atoms with Crippen LogP contribution in [0.4, 0.5) is 0 Å². The van der Waals surface area contributed by atoms with Gasteiger partial charge in [-0.2, -0.15) is 0 Å². The molecule has 0 aliphatic carbocycles. The molecule has 0 unspecified atom stereocenters. The van der Waals surface area contributed by atoms with E-state index in [0.29, 0.717) is 0 Å². The van der Waals surface area contributed by atoms with Crippen LogP contribution in [0.25, 0.3) is 0 Å². The van der Waals surface area contributed by atoms with Crippen molar-refractivity contribution >= 4 is 59.5 Å². The molecule has 0 saturated carbocycles. The van der Waals surface area contributed by atoms with Gasteiger partial charge in [0.05, 0.1) is 0 Å². The number of carbonyl (C=O) groups excluding carboxylic acids is 6. The second-order valence-corrected chi connectivity index (χ2v) is 21.6. The summed E-state index contributed by atoms with van der Waals surface area (Å²) in [6, 6.07) is 0. The molecule has 0 bridgehead atoms. The molecule has 21 nitrogen and oxygen atoms in total. The number of carbonyl (C=O) groups is 6. The topological polar surface area (TPSA) is 250 Å². The molecule has 0 aromatic heterocycles. The standard InChI is InChI=1S/C42H58N3O18P3/c1-25(2)37(46)58-31(13)19-52-64(53-20-32(14)59-38(47)26(3)4)43-65(54-21-33(15)60-39(48)27(5)6,55-22-34(16)61-40(49)28(7)8)45-66(44-64,56-23-35(17)62-41(50)29(9)10)57-24-36(18)63-42(51)30(11)12/h19-24,43-44,64-65H,1,3,5,7,9,11H2,2,4,6,8,10,12-18H3. The van der Waals surface area contributed by atoms with E-state index in [1.165, 1.54) is 83.1 Å². The van der Waals surface area contributed by atoms with Crippen LogP contribution in [0.3, 0.4) is 0 Å². The third kappa shape index (κ3) is 20.1. The van der Waals surface area contributed by atoms with E-state index in [-0.39, 0.29) is 68.0 Å². The van der Waals surface area contributed by atoms with E-state index < -0.39 is 59.5 Å². The Labute approximate surface area is 385 Å².